The number of primary sulfonamides is 1. The summed E-state index contributed by atoms with van der Waals surface area (Å²) in [7, 11) is -3.79. The van der Waals surface area contributed by atoms with E-state index < -0.39 is 10.0 Å². The first-order valence-corrected chi connectivity index (χ1v) is 7.93. The number of nitrogens with zero attached hydrogens (tertiary/aromatic N) is 1. The molecule has 0 saturated carbocycles. The van der Waals surface area contributed by atoms with E-state index >= 15 is 0 Å². The van der Waals surface area contributed by atoms with Gasteiger partial charge >= 0.3 is 0 Å². The Hall–Kier alpha value is -0.370. The SMILES string of the molecule is NS(=O)(=O)c1cnc(-c2c(Cl)ccc(Cl)c2Cl)s1. The lowest BCUT2D eigenvalue weighted by atomic mass is 10.2. The maximum Gasteiger partial charge on any atom is 0.249 e. The van der Waals surface area contributed by atoms with Gasteiger partial charge in [0.05, 0.1) is 21.3 Å². The van der Waals surface area contributed by atoms with Crippen LogP contribution in [-0.4, -0.2) is 13.4 Å². The second-order valence-corrected chi connectivity index (χ2v) is 7.26. The quantitative estimate of drug-likeness (QED) is 0.849. The van der Waals surface area contributed by atoms with Crippen molar-refractivity contribution in [1.82, 2.24) is 4.98 Å². The Morgan fingerprint density at radius 1 is 1.17 bits per heavy atom. The molecule has 0 spiro atoms. The van der Waals surface area contributed by atoms with Gasteiger partial charge in [-0.2, -0.15) is 0 Å². The van der Waals surface area contributed by atoms with E-state index in [0.717, 1.165) is 17.5 Å². The molecule has 2 N–H and O–H groups in total. The van der Waals surface area contributed by atoms with Gasteiger partial charge in [-0.3, -0.25) is 0 Å². The van der Waals surface area contributed by atoms with E-state index in [4.69, 9.17) is 39.9 Å². The minimum absolute atomic E-state index is 0.0652. The van der Waals surface area contributed by atoms with Crippen LogP contribution >= 0.6 is 46.1 Å². The van der Waals surface area contributed by atoms with Crippen molar-refractivity contribution in [3.63, 3.8) is 0 Å². The van der Waals surface area contributed by atoms with Crippen molar-refractivity contribution in [2.24, 2.45) is 5.14 Å². The third-order valence-electron chi connectivity index (χ3n) is 2.02. The maximum atomic E-state index is 11.2. The van der Waals surface area contributed by atoms with E-state index in [-0.39, 0.29) is 9.23 Å². The van der Waals surface area contributed by atoms with Gasteiger partial charge in [0.15, 0.2) is 4.21 Å². The molecule has 2 aromatic rings. The van der Waals surface area contributed by atoms with Gasteiger partial charge in [-0.15, -0.1) is 11.3 Å². The van der Waals surface area contributed by atoms with Gasteiger partial charge in [0, 0.05) is 5.56 Å². The minimum Gasteiger partial charge on any atom is -0.243 e. The molecule has 1 heterocycles. The Labute approximate surface area is 122 Å². The van der Waals surface area contributed by atoms with Gasteiger partial charge in [-0.1, -0.05) is 34.8 Å². The van der Waals surface area contributed by atoms with E-state index in [2.05, 4.69) is 4.98 Å². The Balaban J connectivity index is 2.64. The molecule has 0 atom stereocenters. The number of thiazole rings is 1. The summed E-state index contributed by atoms with van der Waals surface area (Å²) >= 11 is 18.8. The molecule has 0 aliphatic heterocycles. The van der Waals surface area contributed by atoms with E-state index in [1.165, 1.54) is 0 Å². The zero-order chi connectivity index (χ0) is 13.5. The number of rotatable bonds is 2. The first kappa shape index (κ1) is 14.0. The third kappa shape index (κ3) is 2.64. The van der Waals surface area contributed by atoms with Crippen LogP contribution in [0, 0.1) is 0 Å². The van der Waals surface area contributed by atoms with Crippen molar-refractivity contribution >= 4 is 56.2 Å². The van der Waals surface area contributed by atoms with Gasteiger partial charge in [0.25, 0.3) is 0 Å². The van der Waals surface area contributed by atoms with Crippen LogP contribution < -0.4 is 5.14 Å². The highest BCUT2D eigenvalue weighted by atomic mass is 35.5. The second kappa shape index (κ2) is 4.96. The van der Waals surface area contributed by atoms with E-state index in [0.29, 0.717) is 20.6 Å². The fourth-order valence-corrected chi connectivity index (χ4v) is 3.67. The summed E-state index contributed by atoms with van der Waals surface area (Å²) in [6.07, 6.45) is 1.16. The van der Waals surface area contributed by atoms with Gasteiger partial charge in [-0.25, -0.2) is 18.5 Å². The van der Waals surface area contributed by atoms with E-state index in [9.17, 15) is 8.42 Å². The topological polar surface area (TPSA) is 73.1 Å². The predicted octanol–water partition coefficient (Wildman–Crippen LogP) is 3.42. The molecule has 1 aromatic carbocycles. The highest BCUT2D eigenvalue weighted by Gasteiger charge is 2.18. The predicted molar refractivity (Wildman–Crippen MR) is 74.0 cm³/mol. The third-order valence-corrected chi connectivity index (χ3v) is 5.56. The van der Waals surface area contributed by atoms with Crippen LogP contribution in [0.4, 0.5) is 0 Å². The first-order chi connectivity index (χ1) is 8.30. The van der Waals surface area contributed by atoms with E-state index in [1.807, 2.05) is 0 Å². The Morgan fingerprint density at radius 3 is 2.33 bits per heavy atom. The lowest BCUT2D eigenvalue weighted by molar-refractivity contribution is 0.599. The molecule has 96 valence electrons. The van der Waals surface area contributed by atoms with Crippen molar-refractivity contribution in [1.29, 1.82) is 0 Å². The lowest BCUT2D eigenvalue weighted by Gasteiger charge is -2.04. The second-order valence-electron chi connectivity index (χ2n) is 3.25. The maximum absolute atomic E-state index is 11.2. The standard InChI is InChI=1S/C9H5Cl3N2O2S2/c10-4-1-2-5(11)8(12)7(4)9-14-3-6(17-9)18(13,15)16/h1-3H,(H2,13,15,16). The van der Waals surface area contributed by atoms with Crippen molar-refractivity contribution in [2.75, 3.05) is 0 Å². The normalized spacial score (nSPS) is 11.8. The van der Waals surface area contributed by atoms with Crippen molar-refractivity contribution in [2.45, 2.75) is 4.21 Å². The average Bonchev–Trinajstić information content (AvgIpc) is 2.73. The monoisotopic (exact) mass is 342 g/mol. The number of hydrogen-bond acceptors (Lipinski definition) is 4. The van der Waals surface area contributed by atoms with Crippen LogP contribution in [-0.2, 0) is 10.0 Å². The molecule has 2 rings (SSSR count). The highest BCUT2D eigenvalue weighted by Crippen LogP contribution is 2.40. The van der Waals surface area contributed by atoms with Gasteiger partial charge < -0.3 is 0 Å². The molecule has 4 nitrogen and oxygen atoms in total. The number of nitrogens with two attached hydrogens (primary N) is 1. The Morgan fingerprint density at radius 2 is 1.78 bits per heavy atom. The summed E-state index contributed by atoms with van der Waals surface area (Å²) in [6.45, 7) is 0. The van der Waals surface area contributed by atoms with Crippen molar-refractivity contribution < 1.29 is 8.42 Å². The number of sulfonamides is 1. The Bertz CT molecular complexity index is 713. The summed E-state index contributed by atoms with van der Waals surface area (Å²) in [4.78, 5) is 3.95. The summed E-state index contributed by atoms with van der Waals surface area (Å²) in [6, 6.07) is 3.10. The number of halogens is 3. The molecule has 0 radical (unpaired) electrons. The molecular formula is C9H5Cl3N2O2S2. The molecule has 0 aliphatic carbocycles. The van der Waals surface area contributed by atoms with Crippen LogP contribution in [0.2, 0.25) is 15.1 Å². The van der Waals surface area contributed by atoms with Crippen LogP contribution in [0.5, 0.6) is 0 Å². The molecule has 0 saturated heterocycles. The zero-order valence-electron chi connectivity index (χ0n) is 8.52. The number of aromatic nitrogens is 1. The Kier molecular flexibility index (Phi) is 3.87. The van der Waals surface area contributed by atoms with Crippen LogP contribution in [0.3, 0.4) is 0 Å². The lowest BCUT2D eigenvalue weighted by Crippen LogP contribution is -2.09. The molecule has 9 heteroatoms. The van der Waals surface area contributed by atoms with Crippen LogP contribution in [0.15, 0.2) is 22.5 Å². The van der Waals surface area contributed by atoms with Crippen molar-refractivity contribution in [3.05, 3.63) is 33.4 Å². The molecular weight excluding hydrogens is 339 g/mol. The summed E-state index contributed by atoms with van der Waals surface area (Å²) in [5, 5.41) is 6.21. The number of benzene rings is 1. The molecule has 0 aliphatic rings. The fourth-order valence-electron chi connectivity index (χ4n) is 1.23. The van der Waals surface area contributed by atoms with E-state index in [1.54, 1.807) is 12.1 Å². The summed E-state index contributed by atoms with van der Waals surface area (Å²) in [5.74, 6) is 0. The molecule has 0 unspecified atom stereocenters. The average molecular weight is 344 g/mol. The van der Waals surface area contributed by atoms with Crippen molar-refractivity contribution in [3.8, 4) is 10.6 Å². The molecule has 1 aromatic heterocycles. The molecule has 18 heavy (non-hydrogen) atoms. The molecule has 0 amide bonds. The summed E-state index contributed by atoms with van der Waals surface area (Å²) < 4.78 is 22.3. The van der Waals surface area contributed by atoms with Crippen LogP contribution in [0.25, 0.3) is 10.6 Å². The summed E-state index contributed by atoms with van der Waals surface area (Å²) in [5.41, 5.74) is 0.394. The van der Waals surface area contributed by atoms with Gasteiger partial charge in [0.1, 0.15) is 5.01 Å². The highest BCUT2D eigenvalue weighted by molar-refractivity contribution is 7.91. The van der Waals surface area contributed by atoms with Gasteiger partial charge in [0.2, 0.25) is 10.0 Å². The zero-order valence-corrected chi connectivity index (χ0v) is 12.4. The number of hydrogen-bond donors (Lipinski definition) is 1. The van der Waals surface area contributed by atoms with Crippen LogP contribution in [0.1, 0.15) is 0 Å². The first-order valence-electron chi connectivity index (χ1n) is 4.43. The smallest absolute Gasteiger partial charge is 0.243 e. The van der Waals surface area contributed by atoms with Gasteiger partial charge in [-0.05, 0) is 12.1 Å². The fraction of sp³-hybridized carbons (Fsp3) is 0. The molecule has 0 bridgehead atoms. The molecule has 0 fully saturated rings. The largest absolute Gasteiger partial charge is 0.249 e. The minimum atomic E-state index is -3.79.